The molecule has 2 aliphatic heterocycles. The van der Waals surface area contributed by atoms with Crippen LogP contribution in [0.25, 0.3) is 0 Å². The molecule has 2 aliphatic rings. The number of allylic oxidation sites excluding steroid dienone is 1. The van der Waals surface area contributed by atoms with Crippen molar-refractivity contribution < 1.29 is 4.74 Å². The molecule has 0 radical (unpaired) electrons. The van der Waals surface area contributed by atoms with Crippen molar-refractivity contribution in [2.75, 3.05) is 25.1 Å². The van der Waals surface area contributed by atoms with E-state index < -0.39 is 0 Å². The van der Waals surface area contributed by atoms with E-state index in [1.165, 1.54) is 16.9 Å². The van der Waals surface area contributed by atoms with Crippen molar-refractivity contribution in [2.24, 2.45) is 4.99 Å². The Bertz CT molecular complexity index is 543. The molecule has 0 bridgehead atoms. The van der Waals surface area contributed by atoms with E-state index in [0.717, 1.165) is 12.4 Å². The highest BCUT2D eigenvalue weighted by Gasteiger charge is 2.38. The first-order valence-electron chi connectivity index (χ1n) is 6.33. The molecule has 1 aromatic carbocycles. The largest absolute Gasteiger partial charge is 0.476 e. The Morgan fingerprint density at radius 3 is 2.78 bits per heavy atom. The van der Waals surface area contributed by atoms with Crippen LogP contribution in [0, 0.1) is 0 Å². The van der Waals surface area contributed by atoms with E-state index in [4.69, 9.17) is 4.74 Å². The summed E-state index contributed by atoms with van der Waals surface area (Å²) >= 11 is 0. The van der Waals surface area contributed by atoms with Gasteiger partial charge in [-0.3, -0.25) is 0 Å². The summed E-state index contributed by atoms with van der Waals surface area (Å²) in [5.74, 6) is 0.762. The van der Waals surface area contributed by atoms with Crippen LogP contribution in [-0.4, -0.2) is 26.1 Å². The third-order valence-electron chi connectivity index (χ3n) is 3.81. The highest BCUT2D eigenvalue weighted by molar-refractivity contribution is 5.91. The molecular weight excluding hydrogens is 224 g/mol. The Kier molecular flexibility index (Phi) is 2.44. The van der Waals surface area contributed by atoms with Gasteiger partial charge >= 0.3 is 0 Å². The van der Waals surface area contributed by atoms with Crippen LogP contribution in [0.2, 0.25) is 0 Å². The number of likely N-dealkylation sites (N-methyl/N-ethyl adjacent to an activating group) is 1. The third kappa shape index (κ3) is 1.54. The molecular formula is C15H18N2O. The van der Waals surface area contributed by atoms with Gasteiger partial charge in [-0.2, -0.15) is 0 Å². The SMILES string of the molecule is CN1C(=CC2=NCCO2)C(C)(C)c2ccccc21. The second-order valence-electron chi connectivity index (χ2n) is 5.30. The fourth-order valence-corrected chi connectivity index (χ4v) is 2.81. The zero-order chi connectivity index (χ0) is 12.8. The lowest BCUT2D eigenvalue weighted by atomic mass is 9.84. The van der Waals surface area contributed by atoms with Gasteiger partial charge in [-0.1, -0.05) is 32.0 Å². The van der Waals surface area contributed by atoms with E-state index in [1.54, 1.807) is 0 Å². The molecule has 3 rings (SSSR count). The Morgan fingerprint density at radius 1 is 1.33 bits per heavy atom. The standard InChI is InChI=1S/C15H18N2O/c1-15(2)11-6-4-5-7-12(11)17(3)13(15)10-14-16-8-9-18-14/h4-7,10H,8-9H2,1-3H3. The minimum atomic E-state index is -0.000185. The summed E-state index contributed by atoms with van der Waals surface area (Å²) < 4.78 is 5.50. The summed E-state index contributed by atoms with van der Waals surface area (Å²) in [6.07, 6.45) is 2.08. The summed E-state index contributed by atoms with van der Waals surface area (Å²) in [5, 5.41) is 0. The first-order valence-corrected chi connectivity index (χ1v) is 6.33. The Hall–Kier alpha value is -1.77. The average Bonchev–Trinajstić information content (AvgIpc) is 2.93. The fourth-order valence-electron chi connectivity index (χ4n) is 2.81. The van der Waals surface area contributed by atoms with Gasteiger partial charge in [-0.05, 0) is 11.6 Å². The zero-order valence-electron chi connectivity index (χ0n) is 11.1. The molecule has 0 saturated heterocycles. The molecule has 0 amide bonds. The van der Waals surface area contributed by atoms with Gasteiger partial charge in [0.25, 0.3) is 0 Å². The average molecular weight is 242 g/mol. The summed E-state index contributed by atoms with van der Waals surface area (Å²) in [4.78, 5) is 6.59. The lowest BCUT2D eigenvalue weighted by Crippen LogP contribution is -2.24. The maximum atomic E-state index is 5.50. The van der Waals surface area contributed by atoms with Crippen molar-refractivity contribution in [3.8, 4) is 0 Å². The van der Waals surface area contributed by atoms with Gasteiger partial charge in [-0.25, -0.2) is 4.99 Å². The Morgan fingerprint density at radius 2 is 2.11 bits per heavy atom. The summed E-state index contributed by atoms with van der Waals surface area (Å²) in [6.45, 7) is 5.97. The number of para-hydroxylation sites is 1. The number of nitrogens with zero attached hydrogens (tertiary/aromatic N) is 2. The first kappa shape index (κ1) is 11.3. The molecule has 94 valence electrons. The second-order valence-corrected chi connectivity index (χ2v) is 5.30. The van der Waals surface area contributed by atoms with Crippen molar-refractivity contribution in [3.63, 3.8) is 0 Å². The lowest BCUT2D eigenvalue weighted by molar-refractivity contribution is 0.349. The topological polar surface area (TPSA) is 24.8 Å². The predicted octanol–water partition coefficient (Wildman–Crippen LogP) is 2.73. The van der Waals surface area contributed by atoms with E-state index in [2.05, 4.69) is 61.1 Å². The molecule has 0 aromatic heterocycles. The molecule has 3 nitrogen and oxygen atoms in total. The number of fused-ring (bicyclic) bond motifs is 1. The van der Waals surface area contributed by atoms with Crippen molar-refractivity contribution in [1.82, 2.24) is 0 Å². The van der Waals surface area contributed by atoms with E-state index in [1.807, 2.05) is 0 Å². The molecule has 0 fully saturated rings. The minimum Gasteiger partial charge on any atom is -0.476 e. The predicted molar refractivity (Wildman–Crippen MR) is 74.2 cm³/mol. The number of benzene rings is 1. The summed E-state index contributed by atoms with van der Waals surface area (Å²) in [5.41, 5.74) is 3.87. The van der Waals surface area contributed by atoms with Crippen molar-refractivity contribution in [3.05, 3.63) is 41.6 Å². The number of aliphatic imine (C=N–C) groups is 1. The van der Waals surface area contributed by atoms with Gasteiger partial charge < -0.3 is 9.64 Å². The zero-order valence-corrected chi connectivity index (χ0v) is 11.1. The minimum absolute atomic E-state index is 0.000185. The molecule has 0 saturated carbocycles. The van der Waals surface area contributed by atoms with Crippen molar-refractivity contribution >= 4 is 11.6 Å². The Labute approximate surface area is 108 Å². The van der Waals surface area contributed by atoms with Crippen molar-refractivity contribution in [1.29, 1.82) is 0 Å². The van der Waals surface area contributed by atoms with Gasteiger partial charge in [0.05, 0.1) is 6.54 Å². The van der Waals surface area contributed by atoms with Crippen molar-refractivity contribution in [2.45, 2.75) is 19.3 Å². The molecule has 18 heavy (non-hydrogen) atoms. The van der Waals surface area contributed by atoms with Gasteiger partial charge in [0, 0.05) is 29.9 Å². The Balaban J connectivity index is 2.08. The van der Waals surface area contributed by atoms with Crippen LogP contribution < -0.4 is 4.90 Å². The van der Waals surface area contributed by atoms with Crippen LogP contribution in [0.4, 0.5) is 5.69 Å². The molecule has 0 N–H and O–H groups in total. The van der Waals surface area contributed by atoms with Crippen LogP contribution in [0.3, 0.4) is 0 Å². The van der Waals surface area contributed by atoms with Crippen LogP contribution in [0.15, 0.2) is 41.0 Å². The van der Waals surface area contributed by atoms with Gasteiger partial charge in [0.15, 0.2) is 0 Å². The molecule has 1 aromatic rings. The highest BCUT2D eigenvalue weighted by Crippen LogP contribution is 2.46. The van der Waals surface area contributed by atoms with E-state index >= 15 is 0 Å². The third-order valence-corrected chi connectivity index (χ3v) is 3.81. The number of hydrogen-bond acceptors (Lipinski definition) is 3. The number of hydrogen-bond donors (Lipinski definition) is 0. The van der Waals surface area contributed by atoms with E-state index in [9.17, 15) is 0 Å². The molecule has 0 atom stereocenters. The van der Waals surface area contributed by atoms with Crippen LogP contribution in [0.1, 0.15) is 19.4 Å². The van der Waals surface area contributed by atoms with E-state index in [0.29, 0.717) is 6.61 Å². The van der Waals surface area contributed by atoms with Gasteiger partial charge in [-0.15, -0.1) is 0 Å². The van der Waals surface area contributed by atoms with Gasteiger partial charge in [0.2, 0.25) is 5.90 Å². The van der Waals surface area contributed by atoms with Crippen LogP contribution in [-0.2, 0) is 10.2 Å². The second kappa shape index (κ2) is 3.87. The molecule has 3 heteroatoms. The molecule has 0 spiro atoms. The first-order chi connectivity index (χ1) is 8.60. The maximum absolute atomic E-state index is 5.50. The molecule has 0 unspecified atom stereocenters. The summed E-state index contributed by atoms with van der Waals surface area (Å²) in [7, 11) is 2.11. The lowest BCUT2D eigenvalue weighted by Gasteiger charge is -2.24. The molecule has 2 heterocycles. The molecule has 0 aliphatic carbocycles. The fraction of sp³-hybridized carbons (Fsp3) is 0.400. The quantitative estimate of drug-likeness (QED) is 0.756. The normalized spacial score (nSPS) is 22.9. The number of ether oxygens (including phenoxy) is 1. The maximum Gasteiger partial charge on any atom is 0.210 e. The number of rotatable bonds is 1. The highest BCUT2D eigenvalue weighted by atomic mass is 16.5. The van der Waals surface area contributed by atoms with Crippen LogP contribution >= 0.6 is 0 Å². The monoisotopic (exact) mass is 242 g/mol. The number of anilines is 1. The smallest absolute Gasteiger partial charge is 0.210 e. The van der Waals surface area contributed by atoms with Gasteiger partial charge in [0.1, 0.15) is 6.61 Å². The van der Waals surface area contributed by atoms with Crippen LogP contribution in [0.5, 0.6) is 0 Å². The summed E-state index contributed by atoms with van der Waals surface area (Å²) in [6, 6.07) is 8.54. The van der Waals surface area contributed by atoms with E-state index in [-0.39, 0.29) is 5.41 Å².